The summed E-state index contributed by atoms with van der Waals surface area (Å²) in [6.07, 6.45) is 3.08. The third-order valence-electron chi connectivity index (χ3n) is 3.82. The van der Waals surface area contributed by atoms with Crippen molar-refractivity contribution >= 4 is 10.9 Å². The van der Waals surface area contributed by atoms with Gasteiger partial charge in [-0.05, 0) is 23.9 Å². The number of hydrogen-bond donors (Lipinski definition) is 1. The normalized spacial score (nSPS) is 18.9. The standard InChI is InChI=1S/C15H16N4O/c1-2-4-14-11(3-1)7-13(16-14)8-19-9-15(17-18-19)12-5-6-20-10-12/h1-4,7,9,12,16H,5-6,8,10H2/t12-/m0/s1. The van der Waals surface area contributed by atoms with Crippen LogP contribution in [0.2, 0.25) is 0 Å². The second kappa shape index (κ2) is 4.76. The molecule has 1 aliphatic heterocycles. The fourth-order valence-electron chi connectivity index (χ4n) is 2.74. The Morgan fingerprint density at radius 1 is 1.35 bits per heavy atom. The molecule has 0 saturated carbocycles. The van der Waals surface area contributed by atoms with Crippen molar-refractivity contribution in [3.63, 3.8) is 0 Å². The second-order valence-corrected chi connectivity index (χ2v) is 5.28. The van der Waals surface area contributed by atoms with Crippen LogP contribution in [0.1, 0.15) is 23.7 Å². The van der Waals surface area contributed by atoms with E-state index in [0.29, 0.717) is 5.92 Å². The van der Waals surface area contributed by atoms with Gasteiger partial charge in [0.15, 0.2) is 0 Å². The van der Waals surface area contributed by atoms with E-state index >= 15 is 0 Å². The summed E-state index contributed by atoms with van der Waals surface area (Å²) in [5, 5.41) is 9.71. The highest BCUT2D eigenvalue weighted by Gasteiger charge is 2.20. The molecule has 1 atom stereocenters. The minimum absolute atomic E-state index is 0.409. The van der Waals surface area contributed by atoms with E-state index in [1.165, 1.54) is 5.39 Å². The van der Waals surface area contributed by atoms with Crippen molar-refractivity contribution in [3.8, 4) is 0 Å². The fourth-order valence-corrected chi connectivity index (χ4v) is 2.74. The lowest BCUT2D eigenvalue weighted by Gasteiger charge is -2.00. The van der Waals surface area contributed by atoms with Crippen LogP contribution in [0.3, 0.4) is 0 Å². The lowest BCUT2D eigenvalue weighted by molar-refractivity contribution is 0.193. The molecule has 1 aliphatic rings. The monoisotopic (exact) mass is 268 g/mol. The number of ether oxygens (including phenoxy) is 1. The Labute approximate surface area is 116 Å². The molecule has 1 N–H and O–H groups in total. The number of fused-ring (bicyclic) bond motifs is 1. The van der Waals surface area contributed by atoms with E-state index in [-0.39, 0.29) is 0 Å². The summed E-state index contributed by atoms with van der Waals surface area (Å²) in [5.41, 5.74) is 3.34. The van der Waals surface area contributed by atoms with Gasteiger partial charge in [-0.15, -0.1) is 5.10 Å². The molecule has 2 aromatic heterocycles. The van der Waals surface area contributed by atoms with Crippen molar-refractivity contribution in [2.24, 2.45) is 0 Å². The topological polar surface area (TPSA) is 55.7 Å². The molecule has 1 aromatic carbocycles. The van der Waals surface area contributed by atoms with Crippen LogP contribution >= 0.6 is 0 Å². The van der Waals surface area contributed by atoms with Crippen LogP contribution in [0.4, 0.5) is 0 Å². The Balaban J connectivity index is 1.56. The Hall–Kier alpha value is -2.14. The molecular formula is C15H16N4O. The molecule has 0 spiro atoms. The third kappa shape index (κ3) is 2.10. The molecule has 0 unspecified atom stereocenters. The van der Waals surface area contributed by atoms with E-state index < -0.39 is 0 Å². The van der Waals surface area contributed by atoms with Gasteiger partial charge in [-0.1, -0.05) is 23.4 Å². The predicted molar refractivity (Wildman–Crippen MR) is 75.6 cm³/mol. The van der Waals surface area contributed by atoms with Gasteiger partial charge >= 0.3 is 0 Å². The van der Waals surface area contributed by atoms with Gasteiger partial charge in [0.25, 0.3) is 0 Å². The Morgan fingerprint density at radius 2 is 2.30 bits per heavy atom. The van der Waals surface area contributed by atoms with E-state index in [1.807, 2.05) is 23.0 Å². The van der Waals surface area contributed by atoms with Crippen LogP contribution in [-0.4, -0.2) is 33.2 Å². The number of rotatable bonds is 3. The van der Waals surface area contributed by atoms with Crippen LogP contribution in [-0.2, 0) is 11.3 Å². The zero-order chi connectivity index (χ0) is 13.4. The van der Waals surface area contributed by atoms with Crippen LogP contribution < -0.4 is 0 Å². The highest BCUT2D eigenvalue weighted by Crippen LogP contribution is 2.23. The molecule has 102 valence electrons. The van der Waals surface area contributed by atoms with Crippen LogP contribution in [0.15, 0.2) is 36.5 Å². The lowest BCUT2D eigenvalue weighted by Crippen LogP contribution is -2.00. The molecule has 1 saturated heterocycles. The van der Waals surface area contributed by atoms with Crippen LogP contribution in [0.25, 0.3) is 10.9 Å². The van der Waals surface area contributed by atoms with E-state index in [0.717, 1.165) is 43.1 Å². The summed E-state index contributed by atoms with van der Waals surface area (Å²) in [5.74, 6) is 0.409. The van der Waals surface area contributed by atoms with Gasteiger partial charge in [0.1, 0.15) is 0 Å². The lowest BCUT2D eigenvalue weighted by atomic mass is 10.1. The molecule has 0 aliphatic carbocycles. The van der Waals surface area contributed by atoms with E-state index in [9.17, 15) is 0 Å². The molecule has 3 aromatic rings. The van der Waals surface area contributed by atoms with Gasteiger partial charge in [-0.25, -0.2) is 4.68 Å². The SMILES string of the molecule is c1ccc2[nH]c(Cn3cc([C@H]4CCOC4)nn3)cc2c1. The first-order valence-corrected chi connectivity index (χ1v) is 6.93. The van der Waals surface area contributed by atoms with Crippen LogP contribution in [0.5, 0.6) is 0 Å². The van der Waals surface area contributed by atoms with Gasteiger partial charge < -0.3 is 9.72 Å². The largest absolute Gasteiger partial charge is 0.381 e. The average Bonchev–Trinajstić information content (AvgIpc) is 3.18. The first-order chi connectivity index (χ1) is 9.88. The van der Waals surface area contributed by atoms with Gasteiger partial charge in [0, 0.05) is 29.9 Å². The number of nitrogens with zero attached hydrogens (tertiary/aromatic N) is 3. The number of para-hydroxylation sites is 1. The highest BCUT2D eigenvalue weighted by atomic mass is 16.5. The van der Waals surface area contributed by atoms with Crippen molar-refractivity contribution in [3.05, 3.63) is 47.9 Å². The molecule has 3 heterocycles. The smallest absolute Gasteiger partial charge is 0.0881 e. The number of aromatic nitrogens is 4. The Kier molecular flexibility index (Phi) is 2.77. The van der Waals surface area contributed by atoms with Crippen molar-refractivity contribution < 1.29 is 4.74 Å². The molecule has 0 bridgehead atoms. The summed E-state index contributed by atoms with van der Waals surface area (Å²) >= 11 is 0. The summed E-state index contributed by atoms with van der Waals surface area (Å²) in [7, 11) is 0. The molecule has 0 radical (unpaired) electrons. The Morgan fingerprint density at radius 3 is 3.15 bits per heavy atom. The number of benzene rings is 1. The van der Waals surface area contributed by atoms with E-state index in [4.69, 9.17) is 4.74 Å². The molecule has 5 nitrogen and oxygen atoms in total. The molecular weight excluding hydrogens is 252 g/mol. The third-order valence-corrected chi connectivity index (χ3v) is 3.82. The zero-order valence-electron chi connectivity index (χ0n) is 11.1. The van der Waals surface area contributed by atoms with Gasteiger partial charge in [0.2, 0.25) is 0 Å². The minimum Gasteiger partial charge on any atom is -0.381 e. The number of H-pyrrole nitrogens is 1. The minimum atomic E-state index is 0.409. The maximum absolute atomic E-state index is 5.40. The fraction of sp³-hybridized carbons (Fsp3) is 0.333. The summed E-state index contributed by atoms with van der Waals surface area (Å²) in [6.45, 7) is 2.32. The summed E-state index contributed by atoms with van der Waals surface area (Å²) in [6, 6.07) is 10.4. The Bertz CT molecular complexity index is 691. The zero-order valence-corrected chi connectivity index (χ0v) is 11.1. The van der Waals surface area contributed by atoms with Gasteiger partial charge in [-0.2, -0.15) is 0 Å². The molecule has 4 rings (SSSR count). The quantitative estimate of drug-likeness (QED) is 0.793. The number of hydrogen-bond acceptors (Lipinski definition) is 3. The number of nitrogens with one attached hydrogen (secondary N) is 1. The highest BCUT2D eigenvalue weighted by molar-refractivity contribution is 5.80. The summed E-state index contributed by atoms with van der Waals surface area (Å²) < 4.78 is 7.28. The van der Waals surface area contributed by atoms with Crippen molar-refractivity contribution in [2.75, 3.05) is 13.2 Å². The first-order valence-electron chi connectivity index (χ1n) is 6.93. The van der Waals surface area contributed by atoms with Crippen molar-refractivity contribution in [1.29, 1.82) is 0 Å². The first kappa shape index (κ1) is 11.7. The molecule has 0 amide bonds. The average molecular weight is 268 g/mol. The van der Waals surface area contributed by atoms with Gasteiger partial charge in [0.05, 0.1) is 18.8 Å². The molecule has 5 heteroatoms. The van der Waals surface area contributed by atoms with E-state index in [1.54, 1.807) is 0 Å². The maximum atomic E-state index is 5.40. The second-order valence-electron chi connectivity index (χ2n) is 5.28. The van der Waals surface area contributed by atoms with E-state index in [2.05, 4.69) is 33.5 Å². The molecule has 1 fully saturated rings. The van der Waals surface area contributed by atoms with Crippen molar-refractivity contribution in [1.82, 2.24) is 20.0 Å². The van der Waals surface area contributed by atoms with Crippen molar-refractivity contribution in [2.45, 2.75) is 18.9 Å². The number of aromatic amines is 1. The summed E-state index contributed by atoms with van der Waals surface area (Å²) in [4.78, 5) is 3.41. The van der Waals surface area contributed by atoms with Gasteiger partial charge in [-0.3, -0.25) is 0 Å². The maximum Gasteiger partial charge on any atom is 0.0881 e. The molecule has 20 heavy (non-hydrogen) atoms. The predicted octanol–water partition coefficient (Wildman–Crippen LogP) is 2.31. The van der Waals surface area contributed by atoms with Crippen LogP contribution in [0, 0.1) is 0 Å².